The quantitative estimate of drug-likeness (QED) is 0.839. The number of carboxylic acids is 1. The lowest BCUT2D eigenvalue weighted by atomic mass is 10.1. The lowest BCUT2D eigenvalue weighted by Gasteiger charge is -2.07. The second-order valence-corrected chi connectivity index (χ2v) is 6.08. The van der Waals surface area contributed by atoms with Gasteiger partial charge in [0.25, 0.3) is 0 Å². The first-order valence-corrected chi connectivity index (χ1v) is 7.56. The maximum absolute atomic E-state index is 12.0. The number of hydrogen-bond donors (Lipinski definition) is 1. The molecule has 5 heteroatoms. The molecule has 0 saturated carbocycles. The highest BCUT2D eigenvalue weighted by Gasteiger charge is 2.17. The van der Waals surface area contributed by atoms with E-state index in [1.54, 1.807) is 13.0 Å². The van der Waals surface area contributed by atoms with Gasteiger partial charge in [0, 0.05) is 6.42 Å². The Labute approximate surface area is 113 Å². The average Bonchev–Trinajstić information content (AvgIpc) is 2.38. The summed E-state index contributed by atoms with van der Waals surface area (Å²) in [6.45, 7) is 3.47. The van der Waals surface area contributed by atoms with Gasteiger partial charge in [-0.2, -0.15) is 0 Å². The van der Waals surface area contributed by atoms with Crippen molar-refractivity contribution < 1.29 is 18.3 Å². The molecule has 4 nitrogen and oxygen atoms in total. The first-order chi connectivity index (χ1) is 8.92. The van der Waals surface area contributed by atoms with Crippen LogP contribution in [0.2, 0.25) is 0 Å². The molecule has 0 aromatic heterocycles. The second-order valence-electron chi connectivity index (χ2n) is 3.97. The molecule has 1 aromatic rings. The van der Waals surface area contributed by atoms with Crippen LogP contribution in [0.4, 0.5) is 0 Å². The highest BCUT2D eigenvalue weighted by Crippen LogP contribution is 2.18. The molecule has 19 heavy (non-hydrogen) atoms. The molecule has 0 spiro atoms. The van der Waals surface area contributed by atoms with Gasteiger partial charge in [0.05, 0.1) is 16.2 Å². The predicted octanol–water partition coefficient (Wildman–Crippen LogP) is 2.13. The van der Waals surface area contributed by atoms with E-state index in [9.17, 15) is 13.2 Å². The number of carboxylic acid groups (broad SMARTS) is 1. The maximum Gasteiger partial charge on any atom is 0.336 e. The van der Waals surface area contributed by atoms with E-state index in [0.29, 0.717) is 12.0 Å². The van der Waals surface area contributed by atoms with Gasteiger partial charge in [-0.05, 0) is 31.0 Å². The fourth-order valence-corrected chi connectivity index (χ4v) is 2.86. The highest BCUT2D eigenvalue weighted by atomic mass is 32.2. The van der Waals surface area contributed by atoms with Crippen LogP contribution < -0.4 is 0 Å². The molecule has 0 fully saturated rings. The molecule has 1 N–H and O–H groups in total. The van der Waals surface area contributed by atoms with E-state index in [0.717, 1.165) is 0 Å². The van der Waals surface area contributed by atoms with Gasteiger partial charge in [0.15, 0.2) is 9.84 Å². The number of aromatic carboxylic acids is 1. The summed E-state index contributed by atoms with van der Waals surface area (Å²) in [4.78, 5) is 11.1. The van der Waals surface area contributed by atoms with Gasteiger partial charge in [-0.25, -0.2) is 13.2 Å². The zero-order valence-electron chi connectivity index (χ0n) is 10.9. The van der Waals surface area contributed by atoms with E-state index in [4.69, 9.17) is 5.11 Å². The maximum atomic E-state index is 12.0. The van der Waals surface area contributed by atoms with Gasteiger partial charge in [-0.15, -0.1) is 11.8 Å². The topological polar surface area (TPSA) is 71.4 Å². The van der Waals surface area contributed by atoms with Crippen LogP contribution in [0.15, 0.2) is 23.1 Å². The van der Waals surface area contributed by atoms with Crippen molar-refractivity contribution in [2.45, 2.75) is 31.6 Å². The van der Waals surface area contributed by atoms with Crippen molar-refractivity contribution in [3.05, 3.63) is 29.3 Å². The van der Waals surface area contributed by atoms with Crippen molar-refractivity contribution in [3.63, 3.8) is 0 Å². The fourth-order valence-electron chi connectivity index (χ4n) is 1.68. The van der Waals surface area contributed by atoms with Crippen LogP contribution in [0, 0.1) is 11.8 Å². The fraction of sp³-hybridized carbons (Fsp3) is 0.357. The molecule has 102 valence electrons. The lowest BCUT2D eigenvalue weighted by Crippen LogP contribution is -2.09. The molecule has 0 radical (unpaired) electrons. The molecular weight excluding hydrogens is 264 g/mol. The van der Waals surface area contributed by atoms with E-state index in [1.807, 2.05) is 6.92 Å². The number of hydrogen-bond acceptors (Lipinski definition) is 3. The van der Waals surface area contributed by atoms with E-state index < -0.39 is 15.8 Å². The Bertz CT molecular complexity index is 633. The van der Waals surface area contributed by atoms with E-state index >= 15 is 0 Å². The summed E-state index contributed by atoms with van der Waals surface area (Å²) in [6, 6.07) is 4.25. The zero-order valence-corrected chi connectivity index (χ0v) is 11.8. The average molecular weight is 280 g/mol. The third-order valence-electron chi connectivity index (χ3n) is 2.72. The Kier molecular flexibility index (Phi) is 5.13. The minimum atomic E-state index is -3.48. The van der Waals surface area contributed by atoms with Crippen molar-refractivity contribution >= 4 is 15.8 Å². The molecule has 0 aliphatic rings. The summed E-state index contributed by atoms with van der Waals surface area (Å²) in [5.41, 5.74) is 0.671. The van der Waals surface area contributed by atoms with Gasteiger partial charge in [-0.3, -0.25) is 0 Å². The highest BCUT2D eigenvalue weighted by molar-refractivity contribution is 7.91. The SMILES string of the molecule is CC#CCCS(=O)(=O)c1ccc(CC)c(C(=O)O)c1. The van der Waals surface area contributed by atoms with Crippen LogP contribution in [0.5, 0.6) is 0 Å². The molecule has 1 aromatic carbocycles. The Morgan fingerprint density at radius 2 is 2.05 bits per heavy atom. The van der Waals surface area contributed by atoms with Gasteiger partial charge >= 0.3 is 5.97 Å². The number of sulfone groups is 1. The van der Waals surface area contributed by atoms with Crippen LogP contribution >= 0.6 is 0 Å². The van der Waals surface area contributed by atoms with Crippen molar-refractivity contribution in [3.8, 4) is 11.8 Å². The molecule has 0 aliphatic carbocycles. The zero-order chi connectivity index (χ0) is 14.5. The molecule has 0 saturated heterocycles. The number of aryl methyl sites for hydroxylation is 1. The lowest BCUT2D eigenvalue weighted by molar-refractivity contribution is 0.0695. The Balaban J connectivity index is 3.16. The summed E-state index contributed by atoms with van der Waals surface area (Å²) >= 11 is 0. The largest absolute Gasteiger partial charge is 0.478 e. The van der Waals surface area contributed by atoms with E-state index in [2.05, 4.69) is 11.8 Å². The number of benzene rings is 1. The van der Waals surface area contributed by atoms with Crippen molar-refractivity contribution in [1.82, 2.24) is 0 Å². The third kappa shape index (κ3) is 3.83. The summed E-state index contributed by atoms with van der Waals surface area (Å²) in [5, 5.41) is 9.08. The summed E-state index contributed by atoms with van der Waals surface area (Å²) in [6.07, 6.45) is 0.792. The number of carbonyl (C=O) groups is 1. The van der Waals surface area contributed by atoms with Gasteiger partial charge < -0.3 is 5.11 Å². The number of rotatable bonds is 5. The molecule has 0 amide bonds. The summed E-state index contributed by atoms with van der Waals surface area (Å²) in [5.74, 6) is 4.11. The summed E-state index contributed by atoms with van der Waals surface area (Å²) < 4.78 is 24.0. The third-order valence-corrected chi connectivity index (χ3v) is 4.44. The molecule has 1 rings (SSSR count). The first-order valence-electron chi connectivity index (χ1n) is 5.91. The molecule has 0 unspecified atom stereocenters. The van der Waals surface area contributed by atoms with Crippen LogP contribution in [0.3, 0.4) is 0 Å². The monoisotopic (exact) mass is 280 g/mol. The molecule has 0 heterocycles. The molecular formula is C14H16O4S. The Morgan fingerprint density at radius 3 is 2.58 bits per heavy atom. The minimum Gasteiger partial charge on any atom is -0.478 e. The van der Waals surface area contributed by atoms with E-state index in [-0.39, 0.29) is 22.6 Å². The van der Waals surface area contributed by atoms with Crippen LogP contribution in [0.25, 0.3) is 0 Å². The Morgan fingerprint density at radius 1 is 1.37 bits per heavy atom. The second kappa shape index (κ2) is 6.39. The summed E-state index contributed by atoms with van der Waals surface area (Å²) in [7, 11) is -3.48. The van der Waals surface area contributed by atoms with Crippen LogP contribution in [-0.2, 0) is 16.3 Å². The van der Waals surface area contributed by atoms with E-state index in [1.165, 1.54) is 12.1 Å². The van der Waals surface area contributed by atoms with Gasteiger partial charge in [-0.1, -0.05) is 13.0 Å². The standard InChI is InChI=1S/C14H16O4S/c1-3-5-6-9-19(17,18)12-8-7-11(4-2)13(10-12)14(15)16/h7-8,10H,4,6,9H2,1-2H3,(H,15,16). The Hall–Kier alpha value is -1.80. The van der Waals surface area contributed by atoms with Gasteiger partial charge in [0.1, 0.15) is 0 Å². The molecule has 0 atom stereocenters. The molecule has 0 aliphatic heterocycles. The first kappa shape index (κ1) is 15.3. The van der Waals surface area contributed by atoms with Crippen LogP contribution in [0.1, 0.15) is 36.2 Å². The van der Waals surface area contributed by atoms with Gasteiger partial charge in [0.2, 0.25) is 0 Å². The normalized spacial score (nSPS) is 10.6. The van der Waals surface area contributed by atoms with Crippen molar-refractivity contribution in [1.29, 1.82) is 0 Å². The molecule has 0 bridgehead atoms. The van der Waals surface area contributed by atoms with Crippen molar-refractivity contribution in [2.24, 2.45) is 0 Å². The van der Waals surface area contributed by atoms with Crippen molar-refractivity contribution in [2.75, 3.05) is 5.75 Å². The predicted molar refractivity (Wildman–Crippen MR) is 72.9 cm³/mol. The minimum absolute atomic E-state index is 0.0417. The smallest absolute Gasteiger partial charge is 0.336 e. The van der Waals surface area contributed by atoms with Crippen LogP contribution in [-0.4, -0.2) is 25.2 Å².